The molecule has 0 radical (unpaired) electrons. The van der Waals surface area contributed by atoms with Crippen LogP contribution in [-0.2, 0) is 0 Å². The SMILES string of the molecule is CCC1(CC)CCN(c2ccc(N)cn2)C1. The molecular weight excluding hydrogens is 198 g/mol. The van der Waals surface area contributed by atoms with Crippen LogP contribution in [0.1, 0.15) is 33.1 Å². The third kappa shape index (κ3) is 1.99. The molecule has 3 nitrogen and oxygen atoms in total. The smallest absolute Gasteiger partial charge is 0.128 e. The Balaban J connectivity index is 2.11. The van der Waals surface area contributed by atoms with Gasteiger partial charge in [-0.1, -0.05) is 13.8 Å². The van der Waals surface area contributed by atoms with Crippen molar-refractivity contribution in [2.75, 3.05) is 23.7 Å². The first kappa shape index (κ1) is 11.2. The van der Waals surface area contributed by atoms with E-state index in [2.05, 4.69) is 23.7 Å². The van der Waals surface area contributed by atoms with Crippen LogP contribution in [0, 0.1) is 5.41 Å². The molecule has 2 N–H and O–H groups in total. The van der Waals surface area contributed by atoms with E-state index in [0.29, 0.717) is 5.41 Å². The van der Waals surface area contributed by atoms with Crippen molar-refractivity contribution in [2.45, 2.75) is 33.1 Å². The van der Waals surface area contributed by atoms with Crippen LogP contribution < -0.4 is 10.6 Å². The molecule has 1 aromatic heterocycles. The van der Waals surface area contributed by atoms with Gasteiger partial charge in [0.25, 0.3) is 0 Å². The van der Waals surface area contributed by atoms with E-state index in [1.807, 2.05) is 12.1 Å². The number of hydrogen-bond acceptors (Lipinski definition) is 3. The number of nitrogen functional groups attached to an aromatic ring is 1. The molecule has 0 unspecified atom stereocenters. The summed E-state index contributed by atoms with van der Waals surface area (Å²) in [6.45, 7) is 6.85. The molecule has 0 aromatic carbocycles. The predicted molar refractivity (Wildman–Crippen MR) is 68.5 cm³/mol. The van der Waals surface area contributed by atoms with E-state index in [4.69, 9.17) is 5.73 Å². The van der Waals surface area contributed by atoms with Gasteiger partial charge in [0.05, 0.1) is 11.9 Å². The molecule has 0 aliphatic carbocycles. The molecule has 0 spiro atoms. The van der Waals surface area contributed by atoms with Gasteiger partial charge in [-0.2, -0.15) is 0 Å². The highest BCUT2D eigenvalue weighted by molar-refractivity contribution is 5.46. The molecule has 88 valence electrons. The molecule has 0 amide bonds. The quantitative estimate of drug-likeness (QED) is 0.850. The van der Waals surface area contributed by atoms with Gasteiger partial charge in [-0.15, -0.1) is 0 Å². The fourth-order valence-electron chi connectivity index (χ4n) is 2.54. The lowest BCUT2D eigenvalue weighted by molar-refractivity contribution is 0.301. The van der Waals surface area contributed by atoms with Gasteiger partial charge in [0.2, 0.25) is 0 Å². The molecule has 3 heteroatoms. The van der Waals surface area contributed by atoms with E-state index in [0.717, 1.165) is 24.6 Å². The second-order valence-electron chi connectivity index (χ2n) is 4.83. The molecule has 1 saturated heterocycles. The molecule has 2 heterocycles. The Hall–Kier alpha value is -1.25. The van der Waals surface area contributed by atoms with Crippen molar-refractivity contribution in [3.8, 4) is 0 Å². The first-order valence-electron chi connectivity index (χ1n) is 6.15. The van der Waals surface area contributed by atoms with Crippen molar-refractivity contribution in [3.05, 3.63) is 18.3 Å². The van der Waals surface area contributed by atoms with Crippen LogP contribution >= 0.6 is 0 Å². The molecule has 1 aliphatic heterocycles. The highest BCUT2D eigenvalue weighted by Crippen LogP contribution is 2.38. The van der Waals surface area contributed by atoms with Gasteiger partial charge in [-0.05, 0) is 36.8 Å². The first-order valence-corrected chi connectivity index (χ1v) is 6.15. The average molecular weight is 219 g/mol. The Labute approximate surface area is 97.7 Å². The van der Waals surface area contributed by atoms with Crippen LogP contribution in [0.25, 0.3) is 0 Å². The molecule has 1 aromatic rings. The Bertz CT molecular complexity index is 341. The zero-order chi connectivity index (χ0) is 11.6. The van der Waals surface area contributed by atoms with E-state index < -0.39 is 0 Å². The maximum Gasteiger partial charge on any atom is 0.128 e. The largest absolute Gasteiger partial charge is 0.397 e. The number of pyridine rings is 1. The van der Waals surface area contributed by atoms with Crippen molar-refractivity contribution in [2.24, 2.45) is 5.41 Å². The summed E-state index contributed by atoms with van der Waals surface area (Å²) in [4.78, 5) is 6.78. The zero-order valence-corrected chi connectivity index (χ0v) is 10.2. The summed E-state index contributed by atoms with van der Waals surface area (Å²) in [5, 5.41) is 0. The fraction of sp³-hybridized carbons (Fsp3) is 0.615. The molecule has 0 saturated carbocycles. The van der Waals surface area contributed by atoms with Crippen LogP contribution in [0.4, 0.5) is 11.5 Å². The van der Waals surface area contributed by atoms with Gasteiger partial charge in [0, 0.05) is 13.1 Å². The number of rotatable bonds is 3. The summed E-state index contributed by atoms with van der Waals surface area (Å²) >= 11 is 0. The highest BCUT2D eigenvalue weighted by Gasteiger charge is 2.35. The Morgan fingerprint density at radius 2 is 2.12 bits per heavy atom. The van der Waals surface area contributed by atoms with Gasteiger partial charge in [0.1, 0.15) is 5.82 Å². The molecule has 0 atom stereocenters. The first-order chi connectivity index (χ1) is 7.69. The predicted octanol–water partition coefficient (Wildman–Crippen LogP) is 2.68. The Kier molecular flexibility index (Phi) is 3.03. The number of nitrogens with zero attached hydrogens (tertiary/aromatic N) is 2. The lowest BCUT2D eigenvalue weighted by atomic mass is 9.82. The normalized spacial score (nSPS) is 19.0. The summed E-state index contributed by atoms with van der Waals surface area (Å²) in [6.07, 6.45) is 5.54. The summed E-state index contributed by atoms with van der Waals surface area (Å²) in [5.74, 6) is 1.07. The Morgan fingerprint density at radius 1 is 1.38 bits per heavy atom. The molecule has 1 fully saturated rings. The third-order valence-electron chi connectivity index (χ3n) is 4.03. The monoisotopic (exact) mass is 219 g/mol. The summed E-state index contributed by atoms with van der Waals surface area (Å²) in [6, 6.07) is 3.96. The maximum atomic E-state index is 5.65. The lowest BCUT2D eigenvalue weighted by Crippen LogP contribution is -2.26. The second-order valence-corrected chi connectivity index (χ2v) is 4.83. The van der Waals surface area contributed by atoms with E-state index >= 15 is 0 Å². The van der Waals surface area contributed by atoms with Gasteiger partial charge in [-0.3, -0.25) is 0 Å². The fourth-order valence-corrected chi connectivity index (χ4v) is 2.54. The van der Waals surface area contributed by atoms with Crippen LogP contribution in [0.15, 0.2) is 18.3 Å². The van der Waals surface area contributed by atoms with E-state index in [1.165, 1.54) is 19.3 Å². The maximum absolute atomic E-state index is 5.65. The summed E-state index contributed by atoms with van der Waals surface area (Å²) in [7, 11) is 0. The van der Waals surface area contributed by atoms with E-state index in [1.54, 1.807) is 6.20 Å². The number of hydrogen-bond donors (Lipinski definition) is 1. The van der Waals surface area contributed by atoms with Crippen molar-refractivity contribution in [1.82, 2.24) is 4.98 Å². The van der Waals surface area contributed by atoms with Crippen molar-refractivity contribution in [3.63, 3.8) is 0 Å². The van der Waals surface area contributed by atoms with Crippen molar-refractivity contribution in [1.29, 1.82) is 0 Å². The minimum atomic E-state index is 0.503. The van der Waals surface area contributed by atoms with Crippen molar-refractivity contribution >= 4 is 11.5 Å². The van der Waals surface area contributed by atoms with Crippen LogP contribution in [0.2, 0.25) is 0 Å². The van der Waals surface area contributed by atoms with Crippen LogP contribution in [0.3, 0.4) is 0 Å². The van der Waals surface area contributed by atoms with Crippen LogP contribution in [0.5, 0.6) is 0 Å². The summed E-state index contributed by atoms with van der Waals surface area (Å²) in [5.41, 5.74) is 6.89. The Morgan fingerprint density at radius 3 is 2.62 bits per heavy atom. The average Bonchev–Trinajstić information content (AvgIpc) is 2.75. The summed E-state index contributed by atoms with van der Waals surface area (Å²) < 4.78 is 0. The van der Waals surface area contributed by atoms with E-state index in [-0.39, 0.29) is 0 Å². The number of anilines is 2. The highest BCUT2D eigenvalue weighted by atomic mass is 15.2. The third-order valence-corrected chi connectivity index (χ3v) is 4.03. The molecule has 1 aliphatic rings. The molecule has 16 heavy (non-hydrogen) atoms. The van der Waals surface area contributed by atoms with Gasteiger partial charge < -0.3 is 10.6 Å². The number of aromatic nitrogens is 1. The topological polar surface area (TPSA) is 42.1 Å². The second kappa shape index (κ2) is 4.32. The van der Waals surface area contributed by atoms with Gasteiger partial charge in [-0.25, -0.2) is 4.98 Å². The zero-order valence-electron chi connectivity index (χ0n) is 10.2. The van der Waals surface area contributed by atoms with Crippen LogP contribution in [-0.4, -0.2) is 18.1 Å². The number of nitrogens with two attached hydrogens (primary N) is 1. The lowest BCUT2D eigenvalue weighted by Gasteiger charge is -2.26. The molecule has 0 bridgehead atoms. The van der Waals surface area contributed by atoms with E-state index in [9.17, 15) is 0 Å². The minimum Gasteiger partial charge on any atom is -0.397 e. The van der Waals surface area contributed by atoms with Gasteiger partial charge in [0.15, 0.2) is 0 Å². The molecule has 2 rings (SSSR count). The minimum absolute atomic E-state index is 0.503. The van der Waals surface area contributed by atoms with Crippen molar-refractivity contribution < 1.29 is 0 Å². The van der Waals surface area contributed by atoms with Gasteiger partial charge >= 0.3 is 0 Å². The molecular formula is C13H21N3. The standard InChI is InChI=1S/C13H21N3/c1-3-13(4-2)7-8-16(10-13)12-6-5-11(14)9-15-12/h5-6,9H,3-4,7-8,10,14H2,1-2H3.